The molecule has 4 aromatic rings. The summed E-state index contributed by atoms with van der Waals surface area (Å²) in [4.78, 5) is 17.1. The number of carboxylic acids is 1. The van der Waals surface area contributed by atoms with E-state index in [0.29, 0.717) is 36.6 Å². The van der Waals surface area contributed by atoms with Gasteiger partial charge in [0.25, 0.3) is 0 Å². The number of aryl methyl sites for hydroxylation is 1. The molecule has 2 aromatic carbocycles. The van der Waals surface area contributed by atoms with E-state index >= 15 is 0 Å². The van der Waals surface area contributed by atoms with Crippen LogP contribution in [0, 0.1) is 12.3 Å². The van der Waals surface area contributed by atoms with Crippen LogP contribution in [0.25, 0.3) is 21.0 Å². The number of benzene rings is 2. The lowest BCUT2D eigenvalue weighted by atomic mass is 9.49. The predicted octanol–water partition coefficient (Wildman–Crippen LogP) is 7.28. The molecule has 5 atom stereocenters. The maximum Gasteiger partial charge on any atom is 0.330 e. The molecule has 0 bridgehead atoms. The Morgan fingerprint density at radius 1 is 1.14 bits per heavy atom. The molecule has 3 N–H and O–H groups in total. The zero-order chi connectivity index (χ0) is 30.3. The van der Waals surface area contributed by atoms with Crippen molar-refractivity contribution in [2.75, 3.05) is 20.3 Å². The van der Waals surface area contributed by atoms with Crippen molar-refractivity contribution in [2.45, 2.75) is 76.5 Å². The molecule has 2 saturated carbocycles. The number of carboxylic acid groups (broad SMARTS) is 1. The fraction of sp³-hybridized carbons (Fsp3) is 0.457. The van der Waals surface area contributed by atoms with Gasteiger partial charge >= 0.3 is 5.97 Å². The van der Waals surface area contributed by atoms with Gasteiger partial charge in [0.15, 0.2) is 0 Å². The van der Waals surface area contributed by atoms with Crippen LogP contribution in [0.1, 0.15) is 61.9 Å². The van der Waals surface area contributed by atoms with Crippen molar-refractivity contribution >= 4 is 38.3 Å². The first kappa shape index (κ1) is 29.7. The van der Waals surface area contributed by atoms with Gasteiger partial charge in [0.1, 0.15) is 24.2 Å². The monoisotopic (exact) mass is 602 g/mol. The minimum atomic E-state index is -0.935. The topological polar surface area (TPSA) is 95.0 Å². The second-order valence-corrected chi connectivity index (χ2v) is 13.7. The lowest BCUT2D eigenvalue weighted by molar-refractivity contribution is -0.218. The normalized spacial score (nSPS) is 25.3. The summed E-state index contributed by atoms with van der Waals surface area (Å²) in [6.07, 6.45) is 7.17. The number of hydrogen-bond acceptors (Lipinski definition) is 6. The number of fused-ring (bicyclic) bond motifs is 2. The third kappa shape index (κ3) is 5.56. The van der Waals surface area contributed by atoms with E-state index in [0.717, 1.165) is 28.1 Å². The molecule has 7 nitrogen and oxygen atoms in total. The summed E-state index contributed by atoms with van der Waals surface area (Å²) in [7, 11) is 1.77. The summed E-state index contributed by atoms with van der Waals surface area (Å²) in [6.45, 7) is 7.70. The number of nitrogens with one attached hydrogen (secondary N) is 1. The van der Waals surface area contributed by atoms with Crippen LogP contribution < -0.4 is 9.47 Å². The first-order chi connectivity index (χ1) is 20.7. The number of H-pyrrole nitrogens is 1. The van der Waals surface area contributed by atoms with Crippen LogP contribution in [0.4, 0.5) is 0 Å². The number of aliphatic carboxylic acids is 1. The number of rotatable bonds is 8. The number of aliphatic hydroxyl groups excluding tert-OH is 1. The van der Waals surface area contributed by atoms with Gasteiger partial charge < -0.3 is 24.7 Å². The van der Waals surface area contributed by atoms with Crippen LogP contribution in [-0.4, -0.2) is 64.5 Å². The van der Waals surface area contributed by atoms with Crippen LogP contribution >= 0.6 is 11.3 Å². The van der Waals surface area contributed by atoms with Gasteiger partial charge in [-0.05, 0) is 88.3 Å². The number of likely N-dealkylation sites (tertiary alicyclic amines) is 1. The molecule has 2 aromatic heterocycles. The van der Waals surface area contributed by atoms with Crippen molar-refractivity contribution in [3.8, 4) is 11.5 Å². The van der Waals surface area contributed by atoms with Crippen LogP contribution in [0.5, 0.6) is 11.5 Å². The average molecular weight is 603 g/mol. The van der Waals surface area contributed by atoms with E-state index in [9.17, 15) is 9.90 Å². The SMILES string of the molecule is C=C(C)C(=O)O.COc1cccc2sc(C3CCCC4N(CC(O)COc5cccc6[nH]c(C)cc56)C5CCC45C3)cc12. The Morgan fingerprint density at radius 2 is 1.88 bits per heavy atom. The molecule has 3 aliphatic rings. The molecule has 1 saturated heterocycles. The highest BCUT2D eigenvalue weighted by atomic mass is 32.1. The number of aliphatic hydroxyl groups is 1. The van der Waals surface area contributed by atoms with Crippen LogP contribution in [0.15, 0.2) is 60.7 Å². The second kappa shape index (κ2) is 12.0. The Labute approximate surface area is 257 Å². The molecule has 1 spiro atoms. The van der Waals surface area contributed by atoms with Crippen molar-refractivity contribution in [3.05, 3.63) is 71.3 Å². The number of aromatic amines is 1. The lowest BCUT2D eigenvalue weighted by Crippen LogP contribution is -2.77. The molecule has 5 unspecified atom stereocenters. The van der Waals surface area contributed by atoms with Crippen LogP contribution in [0.3, 0.4) is 0 Å². The molecule has 43 heavy (non-hydrogen) atoms. The van der Waals surface area contributed by atoms with Gasteiger partial charge in [0.2, 0.25) is 0 Å². The fourth-order valence-corrected chi connectivity index (χ4v) is 8.96. The average Bonchev–Trinajstić information content (AvgIpc) is 3.53. The first-order valence-electron chi connectivity index (χ1n) is 15.3. The Hall–Kier alpha value is -3.33. The van der Waals surface area contributed by atoms with E-state index in [2.05, 4.69) is 59.8 Å². The van der Waals surface area contributed by atoms with Crippen molar-refractivity contribution in [1.29, 1.82) is 0 Å². The van der Waals surface area contributed by atoms with Gasteiger partial charge in [0.05, 0.1) is 7.11 Å². The molecule has 1 aliphatic heterocycles. The summed E-state index contributed by atoms with van der Waals surface area (Å²) in [6, 6.07) is 18.2. The number of hydrogen-bond donors (Lipinski definition) is 3. The molecular formula is C35H42N2O5S. The van der Waals surface area contributed by atoms with Gasteiger partial charge in [-0.15, -0.1) is 11.3 Å². The summed E-state index contributed by atoms with van der Waals surface area (Å²) in [5.74, 6) is 1.53. The summed E-state index contributed by atoms with van der Waals surface area (Å²) < 4.78 is 13.1. The van der Waals surface area contributed by atoms with Gasteiger partial charge in [-0.25, -0.2) is 4.79 Å². The van der Waals surface area contributed by atoms with Crippen LogP contribution in [0.2, 0.25) is 0 Å². The number of aromatic nitrogens is 1. The Balaban J connectivity index is 0.000000501. The number of nitrogens with zero attached hydrogens (tertiary/aromatic N) is 1. The molecule has 7 rings (SSSR count). The van der Waals surface area contributed by atoms with Crippen molar-refractivity contribution < 1.29 is 24.5 Å². The number of ether oxygens (including phenoxy) is 2. The van der Waals surface area contributed by atoms with E-state index in [1.807, 2.05) is 23.5 Å². The number of carbonyl (C=O) groups is 1. The molecule has 0 radical (unpaired) electrons. The first-order valence-corrected chi connectivity index (χ1v) is 16.1. The summed E-state index contributed by atoms with van der Waals surface area (Å²) in [5.41, 5.74) is 2.82. The van der Waals surface area contributed by atoms with Gasteiger partial charge in [-0.2, -0.15) is 0 Å². The van der Waals surface area contributed by atoms with E-state index in [-0.39, 0.29) is 5.57 Å². The minimum Gasteiger partial charge on any atom is -0.496 e. The number of methoxy groups -OCH3 is 1. The standard InChI is InChI=1S/C31H36N2O3S.C4H6O2/c1-19-14-22-24(32-19)7-4-9-26(22)36-18-21(34)17-33-29-11-3-6-20(16-31(29)13-12-30(31)33)28-15-23-25(35-2)8-5-10-27(23)37-28;1-3(2)4(5)6/h4-5,7-10,14-15,20-21,29-30,32,34H,3,6,11-13,16-18H2,1-2H3;1H2,2H3,(H,5,6). The van der Waals surface area contributed by atoms with E-state index in [4.69, 9.17) is 14.6 Å². The Morgan fingerprint density at radius 3 is 2.60 bits per heavy atom. The quantitative estimate of drug-likeness (QED) is 0.184. The summed E-state index contributed by atoms with van der Waals surface area (Å²) in [5, 5.41) is 21.2. The fourth-order valence-electron chi connectivity index (χ4n) is 7.75. The minimum absolute atomic E-state index is 0.176. The zero-order valence-electron chi connectivity index (χ0n) is 25.3. The number of β-amino-alcohol motifs (C(OH)–C–C–N with tert-alkyl or cyclic N) is 1. The maximum absolute atomic E-state index is 11.0. The highest BCUT2D eigenvalue weighted by Crippen LogP contribution is 2.65. The number of piperidine rings is 1. The van der Waals surface area contributed by atoms with E-state index in [1.54, 1.807) is 7.11 Å². The van der Waals surface area contributed by atoms with Crippen molar-refractivity contribution in [1.82, 2.24) is 9.88 Å². The largest absolute Gasteiger partial charge is 0.496 e. The van der Waals surface area contributed by atoms with Crippen molar-refractivity contribution in [3.63, 3.8) is 0 Å². The van der Waals surface area contributed by atoms with Crippen molar-refractivity contribution in [2.24, 2.45) is 5.41 Å². The highest BCUT2D eigenvalue weighted by Gasteiger charge is 2.65. The van der Waals surface area contributed by atoms with Gasteiger partial charge in [-0.3, -0.25) is 4.90 Å². The number of thiophene rings is 1. The molecule has 2 aliphatic carbocycles. The Kier molecular flexibility index (Phi) is 8.28. The third-order valence-electron chi connectivity index (χ3n) is 9.81. The molecule has 8 heteroatoms. The molecule has 3 heterocycles. The molecule has 3 fully saturated rings. The Bertz CT molecular complexity index is 1630. The van der Waals surface area contributed by atoms with E-state index < -0.39 is 12.1 Å². The second-order valence-electron chi connectivity index (χ2n) is 12.6. The summed E-state index contributed by atoms with van der Waals surface area (Å²) >= 11 is 1.96. The molecular weight excluding hydrogens is 560 g/mol. The zero-order valence-corrected chi connectivity index (χ0v) is 26.1. The van der Waals surface area contributed by atoms with Gasteiger partial charge in [-0.1, -0.05) is 25.1 Å². The third-order valence-corrected chi connectivity index (χ3v) is 11.1. The molecule has 228 valence electrons. The predicted molar refractivity (Wildman–Crippen MR) is 173 cm³/mol. The van der Waals surface area contributed by atoms with Gasteiger partial charge in [0, 0.05) is 61.2 Å². The smallest absolute Gasteiger partial charge is 0.330 e. The maximum atomic E-state index is 11.0. The van der Waals surface area contributed by atoms with Crippen LogP contribution in [-0.2, 0) is 4.79 Å². The highest BCUT2D eigenvalue weighted by molar-refractivity contribution is 7.19. The molecule has 0 amide bonds. The lowest BCUT2D eigenvalue weighted by Gasteiger charge is -2.71. The van der Waals surface area contributed by atoms with E-state index in [1.165, 1.54) is 60.4 Å².